The number of carbonyl (C=O) groups excluding carboxylic acids is 1. The normalized spacial score (nSPS) is 9.80. The predicted octanol–water partition coefficient (Wildman–Crippen LogP) is -0.104. The number of rotatable bonds is 5. The molecule has 82 valence electrons. The van der Waals surface area contributed by atoms with Gasteiger partial charge in [-0.2, -0.15) is 4.98 Å². The topological polar surface area (TPSA) is 73.3 Å². The lowest BCUT2D eigenvalue weighted by Gasteiger charge is -2.06. The van der Waals surface area contributed by atoms with Crippen LogP contribution >= 0.6 is 0 Å². The van der Waals surface area contributed by atoms with E-state index in [1.54, 1.807) is 7.05 Å². The fraction of sp³-hybridized carbons (Fsp3) is 0.444. The van der Waals surface area contributed by atoms with Gasteiger partial charge in [0.1, 0.15) is 0 Å². The maximum absolute atomic E-state index is 11.4. The zero-order valence-electron chi connectivity index (χ0n) is 8.90. The van der Waals surface area contributed by atoms with E-state index in [4.69, 9.17) is 9.47 Å². The highest BCUT2D eigenvalue weighted by molar-refractivity contribution is 5.94. The summed E-state index contributed by atoms with van der Waals surface area (Å²) in [7, 11) is 4.62. The van der Waals surface area contributed by atoms with Gasteiger partial charge in [0, 0.05) is 0 Å². The zero-order chi connectivity index (χ0) is 11.3. The molecule has 1 heterocycles. The Balaban J connectivity index is 2.97. The molecule has 0 amide bonds. The lowest BCUT2D eigenvalue weighted by molar-refractivity contribution is 0.0982. The Hall–Kier alpha value is -1.69. The lowest BCUT2D eigenvalue weighted by atomic mass is 10.3. The predicted molar refractivity (Wildman–Crippen MR) is 53.4 cm³/mol. The Morgan fingerprint density at radius 1 is 1.47 bits per heavy atom. The number of hydrogen-bond donors (Lipinski definition) is 1. The molecule has 0 aliphatic rings. The number of hydrogen-bond acceptors (Lipinski definition) is 6. The molecule has 0 saturated heterocycles. The fourth-order valence-electron chi connectivity index (χ4n) is 1.02. The van der Waals surface area contributed by atoms with Gasteiger partial charge < -0.3 is 14.8 Å². The minimum absolute atomic E-state index is 0.113. The summed E-state index contributed by atoms with van der Waals surface area (Å²) in [5, 5.41) is 2.73. The van der Waals surface area contributed by atoms with Gasteiger partial charge in [-0.3, -0.25) is 4.79 Å². The third-order valence-electron chi connectivity index (χ3n) is 1.72. The third kappa shape index (κ3) is 2.63. The molecule has 0 aliphatic carbocycles. The molecule has 15 heavy (non-hydrogen) atoms. The highest BCUT2D eigenvalue weighted by Gasteiger charge is 2.13. The van der Waals surface area contributed by atoms with E-state index in [0.29, 0.717) is 5.75 Å². The SMILES string of the molecule is CNCC(=O)c1ncc(OC)c(OC)n1. The number of aromatic nitrogens is 2. The summed E-state index contributed by atoms with van der Waals surface area (Å²) in [6.07, 6.45) is 1.41. The van der Waals surface area contributed by atoms with Crippen LogP contribution < -0.4 is 14.8 Å². The van der Waals surface area contributed by atoms with E-state index in [-0.39, 0.29) is 24.0 Å². The average Bonchev–Trinajstić information content (AvgIpc) is 2.28. The molecule has 1 aromatic rings. The van der Waals surface area contributed by atoms with Gasteiger partial charge in [0.05, 0.1) is 27.0 Å². The average molecular weight is 211 g/mol. The van der Waals surface area contributed by atoms with Crippen LogP contribution in [0, 0.1) is 0 Å². The molecule has 0 atom stereocenters. The van der Waals surface area contributed by atoms with Gasteiger partial charge in [0.25, 0.3) is 5.88 Å². The number of nitrogens with zero attached hydrogens (tertiary/aromatic N) is 2. The molecular weight excluding hydrogens is 198 g/mol. The van der Waals surface area contributed by atoms with Crippen molar-refractivity contribution in [2.24, 2.45) is 0 Å². The molecule has 0 aromatic carbocycles. The first-order valence-corrected chi connectivity index (χ1v) is 4.35. The van der Waals surface area contributed by atoms with Gasteiger partial charge in [-0.1, -0.05) is 0 Å². The van der Waals surface area contributed by atoms with E-state index in [1.807, 2.05) is 0 Å². The molecule has 0 spiro atoms. The van der Waals surface area contributed by atoms with Crippen molar-refractivity contribution in [2.75, 3.05) is 27.8 Å². The van der Waals surface area contributed by atoms with Crippen molar-refractivity contribution in [3.05, 3.63) is 12.0 Å². The van der Waals surface area contributed by atoms with Crippen LogP contribution in [0.1, 0.15) is 10.6 Å². The molecule has 1 rings (SSSR count). The third-order valence-corrected chi connectivity index (χ3v) is 1.72. The quantitative estimate of drug-likeness (QED) is 0.685. The van der Waals surface area contributed by atoms with Crippen molar-refractivity contribution < 1.29 is 14.3 Å². The van der Waals surface area contributed by atoms with Gasteiger partial charge in [0.2, 0.25) is 11.6 Å². The number of nitrogens with one attached hydrogen (secondary N) is 1. The maximum Gasteiger partial charge on any atom is 0.260 e. The first-order chi connectivity index (χ1) is 7.22. The van der Waals surface area contributed by atoms with Gasteiger partial charge in [-0.25, -0.2) is 4.98 Å². The van der Waals surface area contributed by atoms with E-state index in [1.165, 1.54) is 20.4 Å². The molecule has 1 N–H and O–H groups in total. The first-order valence-electron chi connectivity index (χ1n) is 4.35. The minimum Gasteiger partial charge on any atom is -0.490 e. The number of carbonyl (C=O) groups is 1. The summed E-state index contributed by atoms with van der Waals surface area (Å²) < 4.78 is 9.91. The molecule has 0 radical (unpaired) electrons. The molecule has 6 nitrogen and oxygen atoms in total. The molecule has 0 fully saturated rings. The Kier molecular flexibility index (Phi) is 3.99. The van der Waals surface area contributed by atoms with Crippen molar-refractivity contribution in [3.63, 3.8) is 0 Å². The number of methoxy groups -OCH3 is 2. The van der Waals surface area contributed by atoms with Gasteiger partial charge in [-0.05, 0) is 7.05 Å². The van der Waals surface area contributed by atoms with E-state index >= 15 is 0 Å². The van der Waals surface area contributed by atoms with Crippen molar-refractivity contribution >= 4 is 5.78 Å². The molecule has 6 heteroatoms. The summed E-state index contributed by atoms with van der Waals surface area (Å²) in [6.45, 7) is 0.190. The summed E-state index contributed by atoms with van der Waals surface area (Å²) in [5.74, 6) is 0.575. The Morgan fingerprint density at radius 2 is 2.20 bits per heavy atom. The summed E-state index contributed by atoms with van der Waals surface area (Å²) in [5.41, 5.74) is 0. The smallest absolute Gasteiger partial charge is 0.260 e. The minimum atomic E-state index is -0.196. The van der Waals surface area contributed by atoms with Crippen LogP contribution in [0.15, 0.2) is 6.20 Å². The monoisotopic (exact) mass is 211 g/mol. The second kappa shape index (κ2) is 5.26. The largest absolute Gasteiger partial charge is 0.490 e. The summed E-state index contributed by atoms with van der Waals surface area (Å²) >= 11 is 0. The molecule has 1 aromatic heterocycles. The van der Waals surface area contributed by atoms with Crippen LogP contribution in [0.25, 0.3) is 0 Å². The molecular formula is C9H13N3O3. The second-order valence-electron chi connectivity index (χ2n) is 2.72. The lowest BCUT2D eigenvalue weighted by Crippen LogP contribution is -2.20. The summed E-state index contributed by atoms with van der Waals surface area (Å²) in [6, 6.07) is 0. The van der Waals surface area contributed by atoms with Gasteiger partial charge in [-0.15, -0.1) is 0 Å². The first kappa shape index (κ1) is 11.4. The highest BCUT2D eigenvalue weighted by atomic mass is 16.5. The van der Waals surface area contributed by atoms with Crippen LogP contribution in [0.2, 0.25) is 0 Å². The van der Waals surface area contributed by atoms with E-state index in [2.05, 4.69) is 15.3 Å². The zero-order valence-corrected chi connectivity index (χ0v) is 8.90. The highest BCUT2D eigenvalue weighted by Crippen LogP contribution is 2.21. The second-order valence-corrected chi connectivity index (χ2v) is 2.72. The Labute approximate surface area is 87.6 Å². The molecule has 0 unspecified atom stereocenters. The Bertz CT molecular complexity index is 354. The van der Waals surface area contributed by atoms with Crippen LogP contribution in [-0.4, -0.2) is 43.6 Å². The van der Waals surface area contributed by atoms with Crippen molar-refractivity contribution in [1.29, 1.82) is 0 Å². The van der Waals surface area contributed by atoms with E-state index in [0.717, 1.165) is 0 Å². The van der Waals surface area contributed by atoms with Crippen molar-refractivity contribution in [3.8, 4) is 11.6 Å². The number of Topliss-reactive ketones (excluding diaryl/α,β-unsaturated/α-hetero) is 1. The van der Waals surface area contributed by atoms with Crippen LogP contribution in [0.5, 0.6) is 11.6 Å². The van der Waals surface area contributed by atoms with E-state index in [9.17, 15) is 4.79 Å². The number of ether oxygens (including phenoxy) is 2. The standard InChI is InChI=1S/C9H13N3O3/c1-10-4-6(13)8-11-5-7(14-2)9(12-8)15-3/h5,10H,4H2,1-3H3. The Morgan fingerprint density at radius 3 is 2.73 bits per heavy atom. The van der Waals surface area contributed by atoms with Crippen molar-refractivity contribution in [1.82, 2.24) is 15.3 Å². The van der Waals surface area contributed by atoms with Crippen LogP contribution in [0.3, 0.4) is 0 Å². The maximum atomic E-state index is 11.4. The van der Waals surface area contributed by atoms with Crippen LogP contribution in [0.4, 0.5) is 0 Å². The van der Waals surface area contributed by atoms with Gasteiger partial charge >= 0.3 is 0 Å². The van der Waals surface area contributed by atoms with Gasteiger partial charge in [0.15, 0.2) is 5.75 Å². The van der Waals surface area contributed by atoms with Crippen LogP contribution in [-0.2, 0) is 0 Å². The molecule has 0 bridgehead atoms. The number of likely N-dealkylation sites (N-methyl/N-ethyl adjacent to an activating group) is 1. The number of ketones is 1. The molecule has 0 aliphatic heterocycles. The molecule has 0 saturated carbocycles. The van der Waals surface area contributed by atoms with Crippen molar-refractivity contribution in [2.45, 2.75) is 0 Å². The fourth-order valence-corrected chi connectivity index (χ4v) is 1.02. The summed E-state index contributed by atoms with van der Waals surface area (Å²) in [4.78, 5) is 19.2. The van der Waals surface area contributed by atoms with E-state index < -0.39 is 0 Å².